The number of hydrogen-bond donors (Lipinski definition) is 2. The van der Waals surface area contributed by atoms with Gasteiger partial charge in [-0.15, -0.1) is 0 Å². The van der Waals surface area contributed by atoms with E-state index in [0.717, 1.165) is 12.8 Å². The van der Waals surface area contributed by atoms with E-state index in [9.17, 15) is 8.42 Å². The fraction of sp³-hybridized carbons (Fsp3) is 0.417. The van der Waals surface area contributed by atoms with Crippen LogP contribution in [0.5, 0.6) is 0 Å². The third kappa shape index (κ3) is 3.53. The summed E-state index contributed by atoms with van der Waals surface area (Å²) in [5.41, 5.74) is 0.530. The van der Waals surface area contributed by atoms with Crippen LogP contribution in [0.25, 0.3) is 0 Å². The quantitative estimate of drug-likeness (QED) is 0.766. The molecular weight excluding hydrogens is 252 g/mol. The van der Waals surface area contributed by atoms with Gasteiger partial charge in [0.15, 0.2) is 0 Å². The molecule has 1 heterocycles. The number of aliphatic hydroxyl groups is 1. The highest BCUT2D eigenvalue weighted by molar-refractivity contribution is 7.89. The number of aliphatic hydroxyl groups excluding tert-OH is 1. The Morgan fingerprint density at radius 1 is 1.44 bits per heavy atom. The summed E-state index contributed by atoms with van der Waals surface area (Å²) >= 11 is 0. The lowest BCUT2D eigenvalue weighted by molar-refractivity contribution is 0.305. The first-order valence-electron chi connectivity index (χ1n) is 5.69. The number of pyridine rings is 1. The van der Waals surface area contributed by atoms with Gasteiger partial charge < -0.3 is 5.11 Å². The molecule has 1 aliphatic carbocycles. The minimum absolute atomic E-state index is 0.0122. The van der Waals surface area contributed by atoms with Crippen LogP contribution in [0, 0.1) is 11.8 Å². The predicted octanol–water partition coefficient (Wildman–Crippen LogP) is 0.256. The first-order valence-corrected chi connectivity index (χ1v) is 7.17. The van der Waals surface area contributed by atoms with E-state index in [2.05, 4.69) is 21.5 Å². The molecule has 1 saturated carbocycles. The maximum Gasteiger partial charge on any atom is 0.242 e. The molecule has 0 aromatic carbocycles. The summed E-state index contributed by atoms with van der Waals surface area (Å²) in [6, 6.07) is 1.56. The second-order valence-electron chi connectivity index (χ2n) is 4.08. The zero-order valence-electron chi connectivity index (χ0n) is 9.76. The van der Waals surface area contributed by atoms with E-state index in [1.165, 1.54) is 18.5 Å². The van der Waals surface area contributed by atoms with Crippen molar-refractivity contribution < 1.29 is 13.5 Å². The lowest BCUT2D eigenvalue weighted by atomic mass is 10.3. The van der Waals surface area contributed by atoms with Gasteiger partial charge in [0.1, 0.15) is 4.90 Å². The molecule has 1 aliphatic rings. The summed E-state index contributed by atoms with van der Waals surface area (Å²) in [4.78, 5) is 4.00. The molecule has 2 N–H and O–H groups in total. The lowest BCUT2D eigenvalue weighted by Gasteiger charge is -2.04. The normalized spacial score (nSPS) is 14.9. The maximum atomic E-state index is 11.9. The number of aromatic nitrogens is 1. The molecule has 5 nitrogen and oxygen atoms in total. The van der Waals surface area contributed by atoms with E-state index < -0.39 is 10.0 Å². The third-order valence-electron chi connectivity index (χ3n) is 2.39. The van der Waals surface area contributed by atoms with Gasteiger partial charge in [0.05, 0.1) is 6.61 Å². The van der Waals surface area contributed by atoms with E-state index in [1.807, 2.05) is 0 Å². The molecule has 0 aliphatic heterocycles. The standard InChI is InChI=1S/C12H14N2O3S/c15-6-2-1-3-10-7-12(9-13-8-10)18(16,17)14-11-4-5-11/h7-9,11,14-15H,2,4-6H2. The first-order chi connectivity index (χ1) is 8.62. The van der Waals surface area contributed by atoms with Crippen LogP contribution in [-0.2, 0) is 10.0 Å². The average Bonchev–Trinajstić information content (AvgIpc) is 3.13. The van der Waals surface area contributed by atoms with Crippen LogP contribution in [0.3, 0.4) is 0 Å². The highest BCUT2D eigenvalue weighted by Crippen LogP contribution is 2.22. The number of nitrogens with one attached hydrogen (secondary N) is 1. The van der Waals surface area contributed by atoms with Crippen molar-refractivity contribution in [2.75, 3.05) is 6.61 Å². The van der Waals surface area contributed by atoms with Crippen molar-refractivity contribution in [2.45, 2.75) is 30.2 Å². The van der Waals surface area contributed by atoms with Gasteiger partial charge in [-0.1, -0.05) is 11.8 Å². The fourth-order valence-electron chi connectivity index (χ4n) is 1.34. The molecule has 0 unspecified atom stereocenters. The molecule has 96 valence electrons. The highest BCUT2D eigenvalue weighted by atomic mass is 32.2. The molecule has 0 saturated heterocycles. The molecular formula is C12H14N2O3S. The molecule has 18 heavy (non-hydrogen) atoms. The Morgan fingerprint density at radius 3 is 2.89 bits per heavy atom. The predicted molar refractivity (Wildman–Crippen MR) is 66.2 cm³/mol. The van der Waals surface area contributed by atoms with E-state index in [4.69, 9.17) is 5.11 Å². The molecule has 0 radical (unpaired) electrons. The van der Waals surface area contributed by atoms with Gasteiger partial charge in [0, 0.05) is 30.4 Å². The maximum absolute atomic E-state index is 11.9. The topological polar surface area (TPSA) is 79.3 Å². The van der Waals surface area contributed by atoms with Gasteiger partial charge in [0.25, 0.3) is 0 Å². The molecule has 1 aromatic rings. The molecule has 0 amide bonds. The monoisotopic (exact) mass is 266 g/mol. The average molecular weight is 266 g/mol. The molecule has 0 spiro atoms. The minimum atomic E-state index is -3.48. The number of rotatable bonds is 4. The summed E-state index contributed by atoms with van der Waals surface area (Å²) in [6.45, 7) is -0.0122. The van der Waals surface area contributed by atoms with Gasteiger partial charge in [-0.25, -0.2) is 13.1 Å². The summed E-state index contributed by atoms with van der Waals surface area (Å²) in [6.07, 6.45) is 4.95. The van der Waals surface area contributed by atoms with Crippen molar-refractivity contribution in [2.24, 2.45) is 0 Å². The summed E-state index contributed by atoms with van der Waals surface area (Å²) in [7, 11) is -3.48. The van der Waals surface area contributed by atoms with Crippen molar-refractivity contribution >= 4 is 10.0 Å². The largest absolute Gasteiger partial charge is 0.395 e. The van der Waals surface area contributed by atoms with Crippen LogP contribution in [0.2, 0.25) is 0 Å². The fourth-order valence-corrected chi connectivity index (χ4v) is 2.64. The Hall–Kier alpha value is -1.42. The van der Waals surface area contributed by atoms with Crippen molar-refractivity contribution in [1.29, 1.82) is 0 Å². The van der Waals surface area contributed by atoms with E-state index in [-0.39, 0.29) is 17.5 Å². The summed E-state index contributed by atoms with van der Waals surface area (Å²) in [5, 5.41) is 8.61. The Balaban J connectivity index is 2.18. The van der Waals surface area contributed by atoms with Crippen molar-refractivity contribution in [3.63, 3.8) is 0 Å². The van der Waals surface area contributed by atoms with Crippen molar-refractivity contribution in [3.8, 4) is 11.8 Å². The van der Waals surface area contributed by atoms with Crippen molar-refractivity contribution in [1.82, 2.24) is 9.71 Å². The zero-order valence-corrected chi connectivity index (χ0v) is 10.6. The van der Waals surface area contributed by atoms with Crippen LogP contribution in [0.4, 0.5) is 0 Å². The van der Waals surface area contributed by atoms with Gasteiger partial charge in [-0.2, -0.15) is 0 Å². The first kappa shape index (κ1) is 13.0. The minimum Gasteiger partial charge on any atom is -0.395 e. The Labute approximate surface area is 106 Å². The molecule has 1 aromatic heterocycles. The second kappa shape index (κ2) is 5.48. The molecule has 0 atom stereocenters. The lowest BCUT2D eigenvalue weighted by Crippen LogP contribution is -2.25. The van der Waals surface area contributed by atoms with Crippen LogP contribution in [0.1, 0.15) is 24.8 Å². The Morgan fingerprint density at radius 2 is 2.22 bits per heavy atom. The van der Waals surface area contributed by atoms with Gasteiger partial charge in [-0.3, -0.25) is 4.98 Å². The Kier molecular flexibility index (Phi) is 3.97. The molecule has 2 rings (SSSR count). The van der Waals surface area contributed by atoms with Crippen LogP contribution in [-0.4, -0.2) is 31.2 Å². The van der Waals surface area contributed by atoms with Crippen LogP contribution < -0.4 is 4.72 Å². The summed E-state index contributed by atoms with van der Waals surface area (Å²) in [5.74, 6) is 5.49. The third-order valence-corrected chi connectivity index (χ3v) is 3.88. The van der Waals surface area contributed by atoms with E-state index in [0.29, 0.717) is 12.0 Å². The van der Waals surface area contributed by atoms with Gasteiger partial charge in [-0.05, 0) is 18.9 Å². The van der Waals surface area contributed by atoms with Crippen LogP contribution in [0.15, 0.2) is 23.4 Å². The number of sulfonamides is 1. The highest BCUT2D eigenvalue weighted by Gasteiger charge is 2.28. The van der Waals surface area contributed by atoms with Gasteiger partial charge >= 0.3 is 0 Å². The number of hydrogen-bond acceptors (Lipinski definition) is 4. The van der Waals surface area contributed by atoms with Gasteiger partial charge in [0.2, 0.25) is 10.0 Å². The second-order valence-corrected chi connectivity index (χ2v) is 5.79. The van der Waals surface area contributed by atoms with E-state index in [1.54, 1.807) is 0 Å². The van der Waals surface area contributed by atoms with Crippen molar-refractivity contribution in [3.05, 3.63) is 24.0 Å². The van der Waals surface area contributed by atoms with Crippen LogP contribution >= 0.6 is 0 Å². The smallest absolute Gasteiger partial charge is 0.242 e. The molecule has 0 bridgehead atoms. The van der Waals surface area contributed by atoms with E-state index >= 15 is 0 Å². The SMILES string of the molecule is O=S(=O)(NC1CC1)c1cncc(C#CCCO)c1. The number of nitrogens with zero attached hydrogens (tertiary/aromatic N) is 1. The zero-order chi connectivity index (χ0) is 13.0. The summed E-state index contributed by atoms with van der Waals surface area (Å²) < 4.78 is 26.4. The molecule has 6 heteroatoms. The molecule has 1 fully saturated rings. The Bertz CT molecular complexity index is 583.